The second kappa shape index (κ2) is 8.77. The molecule has 1 N–H and O–H groups in total. The molecule has 128 valence electrons. The van der Waals surface area contributed by atoms with E-state index >= 15 is 0 Å². The van der Waals surface area contributed by atoms with Gasteiger partial charge in [0.15, 0.2) is 0 Å². The summed E-state index contributed by atoms with van der Waals surface area (Å²) in [6.45, 7) is 11.1. The quantitative estimate of drug-likeness (QED) is 0.877. The molecule has 0 spiro atoms. The molecule has 0 bridgehead atoms. The maximum atomic E-state index is 12.0. The maximum Gasteiger partial charge on any atom is 0.317 e. The highest BCUT2D eigenvalue weighted by atomic mass is 16.5. The van der Waals surface area contributed by atoms with Crippen LogP contribution in [0.15, 0.2) is 24.3 Å². The van der Waals surface area contributed by atoms with E-state index in [9.17, 15) is 4.79 Å². The van der Waals surface area contributed by atoms with Crippen molar-refractivity contribution in [1.82, 2.24) is 15.1 Å². The molecule has 0 saturated carbocycles. The van der Waals surface area contributed by atoms with E-state index in [0.717, 1.165) is 51.4 Å². The number of nitrogens with zero attached hydrogens (tertiary/aromatic N) is 2. The van der Waals surface area contributed by atoms with E-state index in [-0.39, 0.29) is 12.1 Å². The summed E-state index contributed by atoms with van der Waals surface area (Å²) in [4.78, 5) is 16.3. The van der Waals surface area contributed by atoms with Gasteiger partial charge in [-0.3, -0.25) is 4.90 Å². The van der Waals surface area contributed by atoms with Crippen molar-refractivity contribution in [2.24, 2.45) is 0 Å². The molecule has 1 fully saturated rings. The molecule has 1 aromatic rings. The molecule has 0 aliphatic carbocycles. The topological polar surface area (TPSA) is 44.8 Å². The van der Waals surface area contributed by atoms with Crippen LogP contribution in [-0.2, 0) is 6.54 Å². The fourth-order valence-corrected chi connectivity index (χ4v) is 2.70. The Labute approximate surface area is 139 Å². The average molecular weight is 319 g/mol. The summed E-state index contributed by atoms with van der Waals surface area (Å²) in [6, 6.07) is 8.28. The van der Waals surface area contributed by atoms with Crippen molar-refractivity contribution in [1.29, 1.82) is 0 Å². The fourth-order valence-electron chi connectivity index (χ4n) is 2.70. The lowest BCUT2D eigenvalue weighted by molar-refractivity contribution is 0.133. The number of nitrogens with one attached hydrogen (secondary N) is 1. The van der Waals surface area contributed by atoms with E-state index in [4.69, 9.17) is 4.74 Å². The van der Waals surface area contributed by atoms with Gasteiger partial charge in [-0.05, 0) is 26.3 Å². The largest absolute Gasteiger partial charge is 0.491 e. The number of ether oxygens (including phenoxy) is 1. The predicted molar refractivity (Wildman–Crippen MR) is 92.7 cm³/mol. The van der Waals surface area contributed by atoms with E-state index in [1.54, 1.807) is 0 Å². The van der Waals surface area contributed by atoms with Crippen LogP contribution >= 0.6 is 0 Å². The number of amides is 2. The number of para-hydroxylation sites is 1. The molecule has 0 unspecified atom stereocenters. The van der Waals surface area contributed by atoms with E-state index < -0.39 is 0 Å². The Morgan fingerprint density at radius 2 is 1.91 bits per heavy atom. The lowest BCUT2D eigenvalue weighted by Crippen LogP contribution is -2.51. The number of carbonyl (C=O) groups excluding carboxylic acids is 1. The van der Waals surface area contributed by atoms with E-state index in [1.807, 2.05) is 30.9 Å². The highest BCUT2D eigenvalue weighted by molar-refractivity contribution is 5.74. The average Bonchev–Trinajstić information content (AvgIpc) is 2.54. The molecule has 2 amide bonds. The van der Waals surface area contributed by atoms with Gasteiger partial charge < -0.3 is 15.0 Å². The number of hydrogen-bond acceptors (Lipinski definition) is 3. The zero-order valence-electron chi connectivity index (χ0n) is 14.5. The predicted octanol–water partition coefficient (Wildman–Crippen LogP) is 2.71. The Balaban J connectivity index is 1.86. The van der Waals surface area contributed by atoms with Crippen molar-refractivity contribution < 1.29 is 9.53 Å². The Hall–Kier alpha value is -1.75. The van der Waals surface area contributed by atoms with Crippen LogP contribution in [0.4, 0.5) is 4.79 Å². The first kappa shape index (κ1) is 17.6. The normalized spacial score (nSPS) is 15.7. The smallest absolute Gasteiger partial charge is 0.317 e. The summed E-state index contributed by atoms with van der Waals surface area (Å²) in [5.41, 5.74) is 1.21. The van der Waals surface area contributed by atoms with E-state index in [2.05, 4.69) is 29.3 Å². The van der Waals surface area contributed by atoms with Crippen molar-refractivity contribution in [2.75, 3.05) is 32.7 Å². The van der Waals surface area contributed by atoms with Gasteiger partial charge in [-0.25, -0.2) is 4.79 Å². The number of hydrogen-bond donors (Lipinski definition) is 1. The molecular formula is C18H29N3O2. The molecule has 5 heteroatoms. The van der Waals surface area contributed by atoms with Crippen LogP contribution in [-0.4, -0.2) is 54.7 Å². The Bertz CT molecular complexity index is 497. The van der Waals surface area contributed by atoms with Crippen LogP contribution in [0.5, 0.6) is 5.75 Å². The second-order valence-corrected chi connectivity index (χ2v) is 6.27. The zero-order valence-corrected chi connectivity index (χ0v) is 14.5. The number of urea groups is 1. The molecule has 2 rings (SSSR count). The van der Waals surface area contributed by atoms with Gasteiger partial charge in [-0.2, -0.15) is 0 Å². The number of piperazine rings is 1. The van der Waals surface area contributed by atoms with Crippen LogP contribution in [0, 0.1) is 0 Å². The summed E-state index contributed by atoms with van der Waals surface area (Å²) in [5.74, 6) is 0.964. The number of benzene rings is 1. The summed E-state index contributed by atoms with van der Waals surface area (Å²) in [7, 11) is 0. The third-order valence-electron chi connectivity index (χ3n) is 3.91. The van der Waals surface area contributed by atoms with Crippen molar-refractivity contribution >= 4 is 6.03 Å². The second-order valence-electron chi connectivity index (χ2n) is 6.27. The standard InChI is InChI=1S/C18H29N3O2/c1-4-9-19-18(22)21-12-10-20(11-13-21)14-16-7-5-6-8-17(16)23-15(2)3/h5-8,15H,4,9-14H2,1-3H3,(H,19,22). The van der Waals surface area contributed by atoms with Crippen LogP contribution in [0.3, 0.4) is 0 Å². The molecule has 0 aromatic heterocycles. The molecule has 5 nitrogen and oxygen atoms in total. The first-order chi connectivity index (χ1) is 11.1. The van der Waals surface area contributed by atoms with Gasteiger partial charge in [0.1, 0.15) is 5.75 Å². The molecule has 1 saturated heterocycles. The van der Waals surface area contributed by atoms with Gasteiger partial charge in [-0.1, -0.05) is 25.1 Å². The third-order valence-corrected chi connectivity index (χ3v) is 3.91. The minimum absolute atomic E-state index is 0.0649. The summed E-state index contributed by atoms with van der Waals surface area (Å²) >= 11 is 0. The van der Waals surface area contributed by atoms with Crippen molar-refractivity contribution in [3.05, 3.63) is 29.8 Å². The Kier molecular flexibility index (Phi) is 6.71. The summed E-state index contributed by atoms with van der Waals surface area (Å²) < 4.78 is 5.89. The van der Waals surface area contributed by atoms with Gasteiger partial charge in [0, 0.05) is 44.8 Å². The maximum absolute atomic E-state index is 12.0. The van der Waals surface area contributed by atoms with E-state index in [1.165, 1.54) is 5.56 Å². The van der Waals surface area contributed by atoms with E-state index in [0.29, 0.717) is 0 Å². The lowest BCUT2D eigenvalue weighted by Gasteiger charge is -2.35. The zero-order chi connectivity index (χ0) is 16.7. The minimum atomic E-state index is 0.0649. The van der Waals surface area contributed by atoms with Crippen LogP contribution in [0.1, 0.15) is 32.8 Å². The molecule has 23 heavy (non-hydrogen) atoms. The molecule has 0 atom stereocenters. The van der Waals surface area contributed by atoms with Gasteiger partial charge in [0.25, 0.3) is 0 Å². The monoisotopic (exact) mass is 319 g/mol. The van der Waals surface area contributed by atoms with Crippen LogP contribution in [0.25, 0.3) is 0 Å². The molecule has 1 aromatic carbocycles. The highest BCUT2D eigenvalue weighted by Crippen LogP contribution is 2.21. The third kappa shape index (κ3) is 5.43. The van der Waals surface area contributed by atoms with Crippen LogP contribution in [0.2, 0.25) is 0 Å². The lowest BCUT2D eigenvalue weighted by atomic mass is 10.1. The van der Waals surface area contributed by atoms with Crippen LogP contribution < -0.4 is 10.1 Å². The molecular weight excluding hydrogens is 290 g/mol. The van der Waals surface area contributed by atoms with Crippen molar-refractivity contribution in [2.45, 2.75) is 39.8 Å². The van der Waals surface area contributed by atoms with Gasteiger partial charge in [-0.15, -0.1) is 0 Å². The number of carbonyl (C=O) groups is 1. The first-order valence-electron chi connectivity index (χ1n) is 8.59. The van der Waals surface area contributed by atoms with Crippen molar-refractivity contribution in [3.8, 4) is 5.75 Å². The molecule has 0 radical (unpaired) electrons. The SMILES string of the molecule is CCCNC(=O)N1CCN(Cc2ccccc2OC(C)C)CC1. The summed E-state index contributed by atoms with van der Waals surface area (Å²) in [6.07, 6.45) is 1.15. The molecule has 1 aliphatic rings. The minimum Gasteiger partial charge on any atom is -0.491 e. The Morgan fingerprint density at radius 1 is 1.22 bits per heavy atom. The molecule has 1 heterocycles. The first-order valence-corrected chi connectivity index (χ1v) is 8.59. The highest BCUT2D eigenvalue weighted by Gasteiger charge is 2.21. The van der Waals surface area contributed by atoms with Gasteiger partial charge >= 0.3 is 6.03 Å². The molecule has 1 aliphatic heterocycles. The Morgan fingerprint density at radius 3 is 2.57 bits per heavy atom. The fraction of sp³-hybridized carbons (Fsp3) is 0.611. The number of rotatable bonds is 6. The summed E-state index contributed by atoms with van der Waals surface area (Å²) in [5, 5.41) is 2.95. The van der Waals surface area contributed by atoms with Gasteiger partial charge in [0.05, 0.1) is 6.10 Å². The van der Waals surface area contributed by atoms with Crippen molar-refractivity contribution in [3.63, 3.8) is 0 Å². The van der Waals surface area contributed by atoms with Gasteiger partial charge in [0.2, 0.25) is 0 Å².